The molecule has 0 heteroatoms. The van der Waals surface area contributed by atoms with Crippen LogP contribution in [0.15, 0.2) is 0 Å². The lowest BCUT2D eigenvalue weighted by Gasteiger charge is -2.29. The first kappa shape index (κ1) is 9.09. The van der Waals surface area contributed by atoms with Crippen LogP contribution in [-0.4, -0.2) is 0 Å². The molecule has 1 fully saturated rings. The minimum atomic E-state index is 0.635. The van der Waals surface area contributed by atoms with E-state index in [2.05, 4.69) is 13.8 Å². The molecule has 11 heavy (non-hydrogen) atoms. The highest BCUT2D eigenvalue weighted by molar-refractivity contribution is 4.80. The van der Waals surface area contributed by atoms with Crippen LogP contribution in [0.4, 0.5) is 0 Å². The summed E-state index contributed by atoms with van der Waals surface area (Å²) in [5.74, 6) is 0. The van der Waals surface area contributed by atoms with Crippen LogP contribution in [0.25, 0.3) is 0 Å². The van der Waals surface area contributed by atoms with Crippen molar-refractivity contribution in [2.75, 3.05) is 0 Å². The number of rotatable bonds is 2. The van der Waals surface area contributed by atoms with E-state index in [1.54, 1.807) is 0 Å². The van der Waals surface area contributed by atoms with Crippen molar-refractivity contribution in [3.63, 3.8) is 0 Å². The lowest BCUT2D eigenvalue weighted by atomic mass is 9.76. The Morgan fingerprint density at radius 1 is 1.09 bits per heavy atom. The van der Waals surface area contributed by atoms with Crippen LogP contribution in [0.5, 0.6) is 0 Å². The molecule has 0 amide bonds. The van der Waals surface area contributed by atoms with Crippen molar-refractivity contribution in [3.05, 3.63) is 6.92 Å². The molecule has 0 N–H and O–H groups in total. The highest BCUT2D eigenvalue weighted by atomic mass is 14.3. The van der Waals surface area contributed by atoms with Gasteiger partial charge in [-0.25, -0.2) is 0 Å². The van der Waals surface area contributed by atoms with Crippen LogP contribution in [0.2, 0.25) is 0 Å². The lowest BCUT2D eigenvalue weighted by molar-refractivity contribution is 0.235. The molecule has 65 valence electrons. The zero-order valence-electron chi connectivity index (χ0n) is 7.86. The maximum atomic E-state index is 4.09. The Balaban J connectivity index is 2.49. The van der Waals surface area contributed by atoms with Gasteiger partial charge in [0.25, 0.3) is 0 Å². The normalized spacial score (nSPS) is 24.5. The van der Waals surface area contributed by atoms with E-state index in [1.807, 2.05) is 0 Å². The van der Waals surface area contributed by atoms with Crippen molar-refractivity contribution in [2.24, 2.45) is 5.41 Å². The fraction of sp³-hybridized carbons (Fsp3) is 0.909. The summed E-state index contributed by atoms with van der Waals surface area (Å²) >= 11 is 0. The van der Waals surface area contributed by atoms with Crippen molar-refractivity contribution < 1.29 is 0 Å². The van der Waals surface area contributed by atoms with Crippen LogP contribution >= 0.6 is 0 Å². The van der Waals surface area contributed by atoms with E-state index in [0.717, 1.165) is 6.42 Å². The summed E-state index contributed by atoms with van der Waals surface area (Å²) in [4.78, 5) is 0. The molecule has 1 radical (unpaired) electrons. The zero-order valence-corrected chi connectivity index (χ0v) is 7.86. The van der Waals surface area contributed by atoms with E-state index in [1.165, 1.54) is 44.9 Å². The minimum absolute atomic E-state index is 0.635. The van der Waals surface area contributed by atoms with Crippen molar-refractivity contribution in [1.82, 2.24) is 0 Å². The molecule has 0 aromatic rings. The highest BCUT2D eigenvalue weighted by Crippen LogP contribution is 2.40. The molecule has 0 aromatic heterocycles. The van der Waals surface area contributed by atoms with Crippen LogP contribution in [0, 0.1) is 12.3 Å². The van der Waals surface area contributed by atoms with Crippen molar-refractivity contribution in [2.45, 2.75) is 58.3 Å². The molecule has 0 aliphatic heterocycles. The molecule has 0 spiro atoms. The molecule has 0 heterocycles. The second kappa shape index (κ2) is 4.13. The predicted octanol–water partition coefficient (Wildman–Crippen LogP) is 3.96. The average molecular weight is 153 g/mol. The smallest absolute Gasteiger partial charge is 0.0300 e. The van der Waals surface area contributed by atoms with Crippen LogP contribution < -0.4 is 0 Å². The summed E-state index contributed by atoms with van der Waals surface area (Å²) in [6.07, 6.45) is 11.2. The lowest BCUT2D eigenvalue weighted by Crippen LogP contribution is -2.17. The molecule has 0 aromatic carbocycles. The van der Waals surface area contributed by atoms with E-state index < -0.39 is 0 Å². The fourth-order valence-corrected chi connectivity index (χ4v) is 2.26. The Kier molecular flexibility index (Phi) is 3.42. The van der Waals surface area contributed by atoms with Gasteiger partial charge in [0.2, 0.25) is 0 Å². The van der Waals surface area contributed by atoms with E-state index in [-0.39, 0.29) is 0 Å². The van der Waals surface area contributed by atoms with E-state index in [4.69, 9.17) is 0 Å². The maximum absolute atomic E-state index is 4.09. The first-order valence-corrected chi connectivity index (χ1v) is 5.12. The van der Waals surface area contributed by atoms with Gasteiger partial charge < -0.3 is 0 Å². The summed E-state index contributed by atoms with van der Waals surface area (Å²) in [5.41, 5.74) is 0.635. The molecule has 0 nitrogen and oxygen atoms in total. The molecule has 1 aliphatic rings. The van der Waals surface area contributed by atoms with Gasteiger partial charge in [0, 0.05) is 0 Å². The second-order valence-electron chi connectivity index (χ2n) is 4.02. The Hall–Kier alpha value is 0. The maximum Gasteiger partial charge on any atom is -0.0300 e. The predicted molar refractivity (Wildman–Crippen MR) is 50.4 cm³/mol. The van der Waals surface area contributed by atoms with E-state index in [0.29, 0.717) is 5.41 Å². The molecule has 0 unspecified atom stereocenters. The summed E-state index contributed by atoms with van der Waals surface area (Å²) in [6.45, 7) is 6.42. The first-order valence-electron chi connectivity index (χ1n) is 5.12. The fourth-order valence-electron chi connectivity index (χ4n) is 2.26. The van der Waals surface area contributed by atoms with Crippen molar-refractivity contribution >= 4 is 0 Å². The van der Waals surface area contributed by atoms with Crippen molar-refractivity contribution in [3.8, 4) is 0 Å². The summed E-state index contributed by atoms with van der Waals surface area (Å²) in [7, 11) is 0. The molecule has 1 rings (SSSR count). The Morgan fingerprint density at radius 2 is 1.64 bits per heavy atom. The van der Waals surface area contributed by atoms with Crippen LogP contribution in [0.3, 0.4) is 0 Å². The highest BCUT2D eigenvalue weighted by Gasteiger charge is 2.26. The van der Waals surface area contributed by atoms with Gasteiger partial charge in [0.05, 0.1) is 0 Å². The molecule has 1 saturated carbocycles. The van der Waals surface area contributed by atoms with Crippen LogP contribution in [-0.2, 0) is 0 Å². The third kappa shape index (κ3) is 2.21. The molecule has 0 bridgehead atoms. The van der Waals surface area contributed by atoms with Gasteiger partial charge in [0.1, 0.15) is 0 Å². The largest absolute Gasteiger partial charge is 0.0649 e. The monoisotopic (exact) mass is 153 g/mol. The zero-order chi connectivity index (χ0) is 8.16. The molecule has 1 aliphatic carbocycles. The third-order valence-corrected chi connectivity index (χ3v) is 3.44. The van der Waals surface area contributed by atoms with Gasteiger partial charge in [-0.2, -0.15) is 0 Å². The second-order valence-corrected chi connectivity index (χ2v) is 4.02. The molecular formula is C11H21. The number of hydrogen-bond acceptors (Lipinski definition) is 0. The SMILES string of the molecule is [CH2]CC1(CC)CCCCCC1. The van der Waals surface area contributed by atoms with Gasteiger partial charge in [-0.1, -0.05) is 46.0 Å². The van der Waals surface area contributed by atoms with Gasteiger partial charge in [-0.05, 0) is 24.7 Å². The van der Waals surface area contributed by atoms with Gasteiger partial charge in [-0.3, -0.25) is 0 Å². The Labute approximate surface area is 71.4 Å². The quantitative estimate of drug-likeness (QED) is 0.527. The Bertz CT molecular complexity index is 90.6. The van der Waals surface area contributed by atoms with Gasteiger partial charge >= 0.3 is 0 Å². The average Bonchev–Trinajstić information content (AvgIpc) is 2.30. The molecular weight excluding hydrogens is 132 g/mol. The third-order valence-electron chi connectivity index (χ3n) is 3.44. The first-order chi connectivity index (χ1) is 5.33. The summed E-state index contributed by atoms with van der Waals surface area (Å²) in [5, 5.41) is 0. The topological polar surface area (TPSA) is 0 Å². The van der Waals surface area contributed by atoms with E-state index in [9.17, 15) is 0 Å². The van der Waals surface area contributed by atoms with Crippen molar-refractivity contribution in [1.29, 1.82) is 0 Å². The number of hydrogen-bond donors (Lipinski definition) is 0. The Morgan fingerprint density at radius 3 is 2.00 bits per heavy atom. The van der Waals surface area contributed by atoms with Gasteiger partial charge in [-0.15, -0.1) is 0 Å². The van der Waals surface area contributed by atoms with Crippen LogP contribution in [0.1, 0.15) is 58.3 Å². The standard InChI is InChI=1S/C11H21/c1-3-11(4-2)9-7-5-6-8-10-11/h1,3-10H2,2H3. The molecule has 0 saturated heterocycles. The summed E-state index contributed by atoms with van der Waals surface area (Å²) in [6, 6.07) is 0. The van der Waals surface area contributed by atoms with Gasteiger partial charge in [0.15, 0.2) is 0 Å². The minimum Gasteiger partial charge on any atom is -0.0649 e. The summed E-state index contributed by atoms with van der Waals surface area (Å²) < 4.78 is 0. The molecule has 0 atom stereocenters. The van der Waals surface area contributed by atoms with E-state index >= 15 is 0 Å².